The van der Waals surface area contributed by atoms with Gasteiger partial charge < -0.3 is 10.2 Å². The maximum absolute atomic E-state index is 12.7. The van der Waals surface area contributed by atoms with E-state index in [2.05, 4.69) is 5.32 Å². The van der Waals surface area contributed by atoms with Gasteiger partial charge in [0, 0.05) is 26.2 Å². The van der Waals surface area contributed by atoms with Crippen LogP contribution < -0.4 is 5.32 Å². The third-order valence-electron chi connectivity index (χ3n) is 3.44. The number of anilines is 1. The molecule has 0 aromatic heterocycles. The van der Waals surface area contributed by atoms with Crippen molar-refractivity contribution in [1.82, 2.24) is 4.90 Å². The molecule has 19 heavy (non-hydrogen) atoms. The SMILES string of the molecule is CC(=O)N(C)[C@@H]1CCNc2ccc(C(F)(F)F)cc21. The Labute approximate surface area is 109 Å². The topological polar surface area (TPSA) is 32.3 Å². The van der Waals surface area contributed by atoms with Gasteiger partial charge in [-0.1, -0.05) is 0 Å². The van der Waals surface area contributed by atoms with E-state index in [1.807, 2.05) is 0 Å². The molecule has 1 heterocycles. The minimum atomic E-state index is -4.37. The van der Waals surface area contributed by atoms with Gasteiger partial charge in [-0.05, 0) is 30.2 Å². The van der Waals surface area contributed by atoms with Gasteiger partial charge in [0.15, 0.2) is 0 Å². The smallest absolute Gasteiger partial charge is 0.385 e. The van der Waals surface area contributed by atoms with E-state index in [9.17, 15) is 18.0 Å². The fourth-order valence-corrected chi connectivity index (χ4v) is 2.30. The highest BCUT2D eigenvalue weighted by Gasteiger charge is 2.33. The van der Waals surface area contributed by atoms with Crippen LogP contribution in [-0.2, 0) is 11.0 Å². The average Bonchev–Trinajstić information content (AvgIpc) is 2.35. The summed E-state index contributed by atoms with van der Waals surface area (Å²) in [5.74, 6) is -0.157. The Kier molecular flexibility index (Phi) is 3.43. The van der Waals surface area contributed by atoms with Crippen LogP contribution in [0.15, 0.2) is 18.2 Å². The van der Waals surface area contributed by atoms with E-state index >= 15 is 0 Å². The molecular weight excluding hydrogens is 257 g/mol. The molecule has 0 bridgehead atoms. The van der Waals surface area contributed by atoms with Gasteiger partial charge in [0.25, 0.3) is 0 Å². The van der Waals surface area contributed by atoms with Gasteiger partial charge in [0.05, 0.1) is 11.6 Å². The highest BCUT2D eigenvalue weighted by Crippen LogP contribution is 2.38. The maximum Gasteiger partial charge on any atom is 0.416 e. The second-order valence-electron chi connectivity index (χ2n) is 4.66. The Hall–Kier alpha value is -1.72. The van der Waals surface area contributed by atoms with Gasteiger partial charge in [-0.2, -0.15) is 13.2 Å². The van der Waals surface area contributed by atoms with Crippen LogP contribution in [0.5, 0.6) is 0 Å². The first-order chi connectivity index (χ1) is 8.80. The van der Waals surface area contributed by atoms with Gasteiger partial charge in [-0.3, -0.25) is 4.79 Å². The molecule has 2 rings (SSSR count). The number of nitrogens with one attached hydrogen (secondary N) is 1. The highest BCUT2D eigenvalue weighted by molar-refractivity contribution is 5.74. The highest BCUT2D eigenvalue weighted by atomic mass is 19.4. The first-order valence-corrected chi connectivity index (χ1v) is 5.99. The first kappa shape index (κ1) is 13.7. The van der Waals surface area contributed by atoms with Crippen molar-refractivity contribution in [2.45, 2.75) is 25.6 Å². The number of fused-ring (bicyclic) bond motifs is 1. The number of hydrogen-bond donors (Lipinski definition) is 1. The molecule has 1 amide bonds. The number of carbonyl (C=O) groups excluding carboxylic acids is 1. The fraction of sp³-hybridized carbons (Fsp3) is 0.462. The molecule has 1 aromatic rings. The Morgan fingerprint density at radius 1 is 1.42 bits per heavy atom. The Bertz CT molecular complexity index is 499. The fourth-order valence-electron chi connectivity index (χ4n) is 2.30. The number of halogens is 3. The summed E-state index contributed by atoms with van der Waals surface area (Å²) in [6.07, 6.45) is -3.77. The van der Waals surface area contributed by atoms with E-state index in [0.717, 1.165) is 12.1 Å². The number of benzene rings is 1. The van der Waals surface area contributed by atoms with Crippen LogP contribution in [0.25, 0.3) is 0 Å². The zero-order valence-corrected chi connectivity index (χ0v) is 10.7. The zero-order valence-electron chi connectivity index (χ0n) is 10.7. The van der Waals surface area contributed by atoms with E-state index in [1.54, 1.807) is 7.05 Å². The predicted molar refractivity (Wildman–Crippen MR) is 65.7 cm³/mol. The number of amides is 1. The average molecular weight is 272 g/mol. The van der Waals surface area contributed by atoms with Crippen molar-refractivity contribution >= 4 is 11.6 Å². The summed E-state index contributed by atoms with van der Waals surface area (Å²) in [6, 6.07) is 3.31. The molecule has 0 aliphatic carbocycles. The lowest BCUT2D eigenvalue weighted by atomic mass is 9.94. The van der Waals surface area contributed by atoms with Gasteiger partial charge in [-0.15, -0.1) is 0 Å². The van der Waals surface area contributed by atoms with Crippen LogP contribution in [0, 0.1) is 0 Å². The van der Waals surface area contributed by atoms with Crippen LogP contribution in [0.2, 0.25) is 0 Å². The van der Waals surface area contributed by atoms with Crippen molar-refractivity contribution in [1.29, 1.82) is 0 Å². The Morgan fingerprint density at radius 2 is 2.11 bits per heavy atom. The molecule has 1 aliphatic heterocycles. The lowest BCUT2D eigenvalue weighted by Crippen LogP contribution is -2.33. The summed E-state index contributed by atoms with van der Waals surface area (Å²) >= 11 is 0. The quantitative estimate of drug-likeness (QED) is 0.852. The van der Waals surface area contributed by atoms with Crippen LogP contribution in [0.3, 0.4) is 0 Å². The number of hydrogen-bond acceptors (Lipinski definition) is 2. The Morgan fingerprint density at radius 3 is 2.68 bits per heavy atom. The van der Waals surface area contributed by atoms with Crippen molar-refractivity contribution in [3.8, 4) is 0 Å². The van der Waals surface area contributed by atoms with Crippen molar-refractivity contribution in [3.05, 3.63) is 29.3 Å². The van der Waals surface area contributed by atoms with E-state index < -0.39 is 11.7 Å². The molecule has 3 nitrogen and oxygen atoms in total. The summed E-state index contributed by atoms with van der Waals surface area (Å²) in [7, 11) is 1.61. The van der Waals surface area contributed by atoms with Gasteiger partial charge in [0.2, 0.25) is 5.91 Å². The second kappa shape index (κ2) is 4.75. The molecule has 0 unspecified atom stereocenters. The summed E-state index contributed by atoms with van der Waals surface area (Å²) in [5.41, 5.74) is 0.507. The van der Waals surface area contributed by atoms with Crippen molar-refractivity contribution in [2.75, 3.05) is 18.9 Å². The number of rotatable bonds is 1. The summed E-state index contributed by atoms with van der Waals surface area (Å²) in [4.78, 5) is 12.9. The molecule has 6 heteroatoms. The second-order valence-corrected chi connectivity index (χ2v) is 4.66. The van der Waals surface area contributed by atoms with E-state index in [4.69, 9.17) is 0 Å². The molecule has 0 fully saturated rings. The summed E-state index contributed by atoms with van der Waals surface area (Å²) in [5, 5.41) is 3.06. The predicted octanol–water partition coefficient (Wildman–Crippen LogP) is 3.04. The van der Waals surface area contributed by atoms with E-state index in [0.29, 0.717) is 24.2 Å². The van der Waals surface area contributed by atoms with Crippen LogP contribution >= 0.6 is 0 Å². The van der Waals surface area contributed by atoms with Crippen LogP contribution in [0.4, 0.5) is 18.9 Å². The lowest BCUT2D eigenvalue weighted by Gasteiger charge is -2.33. The molecule has 1 aromatic carbocycles. The molecule has 1 N–H and O–H groups in total. The van der Waals surface area contributed by atoms with Crippen LogP contribution in [0.1, 0.15) is 30.5 Å². The summed E-state index contributed by atoms with van der Waals surface area (Å²) < 4.78 is 38.2. The molecule has 0 spiro atoms. The minimum Gasteiger partial charge on any atom is -0.385 e. The normalized spacial score (nSPS) is 18.5. The Balaban J connectivity index is 2.44. The van der Waals surface area contributed by atoms with Crippen LogP contribution in [-0.4, -0.2) is 24.4 Å². The van der Waals surface area contributed by atoms with Gasteiger partial charge in [-0.25, -0.2) is 0 Å². The first-order valence-electron chi connectivity index (χ1n) is 5.99. The number of nitrogens with zero attached hydrogens (tertiary/aromatic N) is 1. The monoisotopic (exact) mass is 272 g/mol. The largest absolute Gasteiger partial charge is 0.416 e. The van der Waals surface area contributed by atoms with E-state index in [1.165, 1.54) is 17.9 Å². The van der Waals surface area contributed by atoms with Crippen molar-refractivity contribution < 1.29 is 18.0 Å². The molecule has 1 atom stereocenters. The molecule has 1 aliphatic rings. The van der Waals surface area contributed by atoms with Crippen molar-refractivity contribution in [3.63, 3.8) is 0 Å². The molecule has 0 saturated heterocycles. The summed E-state index contributed by atoms with van der Waals surface area (Å²) in [6.45, 7) is 2.05. The molecule has 0 radical (unpaired) electrons. The zero-order chi connectivity index (χ0) is 14.2. The lowest BCUT2D eigenvalue weighted by molar-refractivity contribution is -0.137. The molecular formula is C13H15F3N2O. The van der Waals surface area contributed by atoms with Gasteiger partial charge in [0.1, 0.15) is 0 Å². The minimum absolute atomic E-state index is 0.157. The standard InChI is InChI=1S/C13H15F3N2O/c1-8(19)18(2)12-5-6-17-11-4-3-9(7-10(11)12)13(14,15)16/h3-4,7,12,17H,5-6H2,1-2H3/t12-/m1/s1. The third-order valence-corrected chi connectivity index (χ3v) is 3.44. The number of alkyl halides is 3. The number of carbonyl (C=O) groups is 1. The molecule has 0 saturated carbocycles. The third kappa shape index (κ3) is 2.67. The maximum atomic E-state index is 12.7. The van der Waals surface area contributed by atoms with Crippen molar-refractivity contribution in [2.24, 2.45) is 0 Å². The van der Waals surface area contributed by atoms with E-state index in [-0.39, 0.29) is 11.9 Å². The van der Waals surface area contributed by atoms with Gasteiger partial charge >= 0.3 is 6.18 Å². The molecule has 104 valence electrons.